The fourth-order valence-corrected chi connectivity index (χ4v) is 1.37. The van der Waals surface area contributed by atoms with Gasteiger partial charge < -0.3 is 10.1 Å². The average Bonchev–Trinajstić information content (AvgIpc) is 2.28. The Labute approximate surface area is 94.6 Å². The summed E-state index contributed by atoms with van der Waals surface area (Å²) in [4.78, 5) is 17.2. The molecule has 2 aromatic rings. The molecule has 0 aliphatic carbocycles. The minimum atomic E-state index is -2.54. The Morgan fingerprint density at radius 3 is 2.41 bits per heavy atom. The quantitative estimate of drug-likeness (QED) is 0.841. The number of aromatic hydroxyl groups is 1. The number of rotatable bonds is 2. The smallest absolute Gasteiger partial charge is 0.263 e. The van der Waals surface area contributed by atoms with Crippen LogP contribution in [0.25, 0.3) is 11.4 Å². The van der Waals surface area contributed by atoms with Gasteiger partial charge in [-0.2, -0.15) is 4.98 Å². The van der Waals surface area contributed by atoms with Gasteiger partial charge in [-0.3, -0.25) is 4.79 Å². The van der Waals surface area contributed by atoms with Crippen molar-refractivity contribution in [2.45, 2.75) is 6.43 Å². The third kappa shape index (κ3) is 2.47. The average molecular weight is 238 g/mol. The van der Waals surface area contributed by atoms with Gasteiger partial charge in [0.15, 0.2) is 0 Å². The van der Waals surface area contributed by atoms with Crippen molar-refractivity contribution in [1.29, 1.82) is 0 Å². The number of alkyl halides is 2. The molecule has 0 aliphatic heterocycles. The zero-order chi connectivity index (χ0) is 12.4. The van der Waals surface area contributed by atoms with E-state index in [1.54, 1.807) is 0 Å². The molecule has 1 aromatic heterocycles. The number of halogens is 2. The lowest BCUT2D eigenvalue weighted by atomic mass is 10.1. The Bertz CT molecular complexity index is 579. The van der Waals surface area contributed by atoms with Crippen LogP contribution in [-0.4, -0.2) is 15.1 Å². The summed E-state index contributed by atoms with van der Waals surface area (Å²) in [6.45, 7) is 0. The van der Waals surface area contributed by atoms with E-state index in [0.29, 0.717) is 5.56 Å². The van der Waals surface area contributed by atoms with E-state index in [9.17, 15) is 13.6 Å². The van der Waals surface area contributed by atoms with E-state index in [-0.39, 0.29) is 11.4 Å². The number of nitrogens with one attached hydrogen (secondary N) is 1. The highest BCUT2D eigenvalue weighted by molar-refractivity contribution is 5.55. The van der Waals surface area contributed by atoms with Gasteiger partial charge >= 0.3 is 0 Å². The summed E-state index contributed by atoms with van der Waals surface area (Å²) in [7, 11) is 0. The van der Waals surface area contributed by atoms with Gasteiger partial charge in [-0.1, -0.05) is 24.3 Å². The van der Waals surface area contributed by atoms with Crippen molar-refractivity contribution in [3.63, 3.8) is 0 Å². The van der Waals surface area contributed by atoms with Crippen molar-refractivity contribution >= 4 is 0 Å². The van der Waals surface area contributed by atoms with Crippen molar-refractivity contribution in [3.8, 4) is 17.3 Å². The number of benzene rings is 1. The predicted octanol–water partition coefficient (Wildman–Crippen LogP) is 2.08. The summed E-state index contributed by atoms with van der Waals surface area (Å²) in [5.41, 5.74) is -0.177. The Morgan fingerprint density at radius 2 is 1.88 bits per heavy atom. The molecule has 0 atom stereocenters. The maximum absolute atomic E-state index is 12.3. The van der Waals surface area contributed by atoms with Crippen LogP contribution in [0.4, 0.5) is 8.78 Å². The summed E-state index contributed by atoms with van der Waals surface area (Å²) < 4.78 is 24.6. The highest BCUT2D eigenvalue weighted by Crippen LogP contribution is 2.22. The predicted molar refractivity (Wildman–Crippen MR) is 56.9 cm³/mol. The van der Waals surface area contributed by atoms with Gasteiger partial charge in [-0.05, 0) is 0 Å². The molecule has 0 saturated heterocycles. The largest absolute Gasteiger partial charge is 0.493 e. The molecule has 0 bridgehead atoms. The first-order valence-electron chi connectivity index (χ1n) is 4.75. The summed E-state index contributed by atoms with van der Waals surface area (Å²) in [5.74, 6) is -0.280. The normalized spacial score (nSPS) is 10.8. The van der Waals surface area contributed by atoms with Crippen molar-refractivity contribution in [2.75, 3.05) is 0 Å². The number of nitrogens with zero attached hydrogens (tertiary/aromatic N) is 1. The molecular weight excluding hydrogens is 230 g/mol. The molecule has 2 rings (SSSR count). The summed E-state index contributed by atoms with van der Waals surface area (Å²) >= 11 is 0. The van der Waals surface area contributed by atoms with Crippen LogP contribution in [0.3, 0.4) is 0 Å². The molecule has 0 amide bonds. The van der Waals surface area contributed by atoms with E-state index >= 15 is 0 Å². The van der Waals surface area contributed by atoms with Crippen LogP contribution in [0.15, 0.2) is 35.1 Å². The fraction of sp³-hybridized carbons (Fsp3) is 0.0909. The lowest BCUT2D eigenvalue weighted by molar-refractivity contribution is 0.151. The first-order valence-corrected chi connectivity index (χ1v) is 4.75. The van der Waals surface area contributed by atoms with Crippen LogP contribution in [0.1, 0.15) is 12.0 Å². The molecule has 2 N–H and O–H groups in total. The van der Waals surface area contributed by atoms with Gasteiger partial charge in [-0.25, -0.2) is 8.78 Å². The molecule has 0 saturated carbocycles. The van der Waals surface area contributed by atoms with Gasteiger partial charge in [0, 0.05) is 11.1 Å². The van der Waals surface area contributed by atoms with Crippen molar-refractivity contribution in [2.24, 2.45) is 0 Å². The number of aromatic amines is 1. The topological polar surface area (TPSA) is 66.0 Å². The van der Waals surface area contributed by atoms with Crippen molar-refractivity contribution in [3.05, 3.63) is 46.2 Å². The van der Waals surface area contributed by atoms with E-state index in [0.717, 1.165) is 6.07 Å². The monoisotopic (exact) mass is 238 g/mol. The molecule has 88 valence electrons. The van der Waals surface area contributed by atoms with E-state index in [4.69, 9.17) is 5.11 Å². The number of hydrogen-bond acceptors (Lipinski definition) is 3. The molecule has 1 aromatic carbocycles. The third-order valence-corrected chi connectivity index (χ3v) is 2.16. The molecule has 0 fully saturated rings. The first kappa shape index (κ1) is 11.3. The van der Waals surface area contributed by atoms with Gasteiger partial charge in [0.05, 0.1) is 6.07 Å². The first-order chi connectivity index (χ1) is 8.06. The maximum atomic E-state index is 12.3. The minimum absolute atomic E-state index is 0.115. The van der Waals surface area contributed by atoms with Crippen LogP contribution >= 0.6 is 0 Å². The number of hydrogen-bond donors (Lipinski definition) is 2. The number of H-pyrrole nitrogens is 1. The molecular formula is C11H8F2N2O2. The van der Waals surface area contributed by atoms with Crippen molar-refractivity contribution < 1.29 is 13.9 Å². The lowest BCUT2D eigenvalue weighted by Gasteiger charge is -2.03. The molecule has 0 unspecified atom stereocenters. The van der Waals surface area contributed by atoms with Gasteiger partial charge in [-0.15, -0.1) is 0 Å². The molecule has 0 radical (unpaired) electrons. The van der Waals surface area contributed by atoms with E-state index in [1.807, 2.05) is 0 Å². The maximum Gasteiger partial charge on any atom is 0.263 e. The fourth-order valence-electron chi connectivity index (χ4n) is 1.37. The summed E-state index contributed by atoms with van der Waals surface area (Å²) in [6, 6.07) is 6.21. The second-order valence-corrected chi connectivity index (χ2v) is 3.37. The summed E-state index contributed by atoms with van der Waals surface area (Å²) in [5, 5.41) is 9.15. The van der Waals surface area contributed by atoms with E-state index in [2.05, 4.69) is 9.97 Å². The van der Waals surface area contributed by atoms with Crippen molar-refractivity contribution in [1.82, 2.24) is 9.97 Å². The molecule has 0 spiro atoms. The Kier molecular flexibility index (Phi) is 2.86. The molecule has 6 heteroatoms. The second-order valence-electron chi connectivity index (χ2n) is 3.37. The van der Waals surface area contributed by atoms with E-state index in [1.165, 1.54) is 24.3 Å². The minimum Gasteiger partial charge on any atom is -0.493 e. The van der Waals surface area contributed by atoms with Crippen LogP contribution in [0.5, 0.6) is 5.88 Å². The zero-order valence-electron chi connectivity index (χ0n) is 8.52. The zero-order valence-corrected chi connectivity index (χ0v) is 8.52. The molecule has 0 aliphatic rings. The second kappa shape index (κ2) is 4.32. The van der Waals surface area contributed by atoms with Gasteiger partial charge in [0.2, 0.25) is 5.88 Å². The molecule has 4 nitrogen and oxygen atoms in total. The Morgan fingerprint density at radius 1 is 1.24 bits per heavy atom. The lowest BCUT2D eigenvalue weighted by Crippen LogP contribution is -2.06. The van der Waals surface area contributed by atoms with Gasteiger partial charge in [0.1, 0.15) is 5.82 Å². The van der Waals surface area contributed by atoms with Crippen LogP contribution < -0.4 is 5.56 Å². The Balaban J connectivity index is 2.43. The van der Waals surface area contributed by atoms with Crippen LogP contribution in [0.2, 0.25) is 0 Å². The van der Waals surface area contributed by atoms with Crippen LogP contribution in [-0.2, 0) is 0 Å². The van der Waals surface area contributed by atoms with Gasteiger partial charge in [0.25, 0.3) is 12.0 Å². The standard InChI is InChI=1S/C11H8F2N2O2/c12-10(13)6-1-3-7(4-2-6)11-14-8(16)5-9(17)15-11/h1-5,10H,(H2,14,15,16,17). The third-order valence-electron chi connectivity index (χ3n) is 2.16. The van der Waals surface area contributed by atoms with E-state index < -0.39 is 17.9 Å². The molecule has 17 heavy (non-hydrogen) atoms. The SMILES string of the molecule is O=c1cc(O)nc(-c2ccc(C(F)F)cc2)[nH]1. The molecule has 1 heterocycles. The highest BCUT2D eigenvalue weighted by Gasteiger charge is 2.08. The highest BCUT2D eigenvalue weighted by atomic mass is 19.3. The summed E-state index contributed by atoms with van der Waals surface area (Å²) in [6.07, 6.45) is -2.54. The van der Waals surface area contributed by atoms with Crippen LogP contribution in [0, 0.1) is 0 Å². The Hall–Kier alpha value is -2.24. The number of aromatic nitrogens is 2.